The zero-order valence-corrected chi connectivity index (χ0v) is 14.9. The molecule has 2 unspecified atom stereocenters. The summed E-state index contributed by atoms with van der Waals surface area (Å²) in [5.41, 5.74) is 5.24. The predicted octanol–water partition coefficient (Wildman–Crippen LogP) is 4.38. The number of nitrogens with one attached hydrogen (secondary N) is 1. The second-order valence-electron chi connectivity index (χ2n) is 5.96. The Balaban J connectivity index is 0.00000192. The predicted molar refractivity (Wildman–Crippen MR) is 96.0 cm³/mol. The highest BCUT2D eigenvalue weighted by Crippen LogP contribution is 2.38. The number of methoxy groups -OCH3 is 2. The second kappa shape index (κ2) is 7.24. The molecule has 4 heteroatoms. The first-order chi connectivity index (χ1) is 10.6. The third kappa shape index (κ3) is 3.46. The minimum absolute atomic E-state index is 0. The Bertz CT molecular complexity index is 670. The summed E-state index contributed by atoms with van der Waals surface area (Å²) < 4.78 is 10.9. The Morgan fingerprint density at radius 3 is 2.22 bits per heavy atom. The summed E-state index contributed by atoms with van der Waals surface area (Å²) in [4.78, 5) is 0. The molecule has 1 aliphatic rings. The summed E-state index contributed by atoms with van der Waals surface area (Å²) in [6, 6.07) is 13.6. The molecule has 1 aliphatic heterocycles. The van der Waals surface area contributed by atoms with Crippen molar-refractivity contribution in [1.82, 2.24) is 5.32 Å². The van der Waals surface area contributed by atoms with Gasteiger partial charge in [-0.15, -0.1) is 12.4 Å². The van der Waals surface area contributed by atoms with Gasteiger partial charge in [-0.1, -0.05) is 29.8 Å². The molecule has 0 amide bonds. The monoisotopic (exact) mass is 333 g/mol. The Kier molecular flexibility index (Phi) is 5.55. The summed E-state index contributed by atoms with van der Waals surface area (Å²) in [6.45, 7) is 4.32. The van der Waals surface area contributed by atoms with Crippen LogP contribution in [-0.4, -0.2) is 14.2 Å². The van der Waals surface area contributed by atoms with Gasteiger partial charge in [0.15, 0.2) is 11.5 Å². The van der Waals surface area contributed by atoms with Crippen molar-refractivity contribution in [3.05, 3.63) is 58.7 Å². The first-order valence-electron chi connectivity index (χ1n) is 7.69. The van der Waals surface area contributed by atoms with Gasteiger partial charge in [-0.05, 0) is 49.1 Å². The molecule has 0 radical (unpaired) electrons. The van der Waals surface area contributed by atoms with Crippen molar-refractivity contribution in [1.29, 1.82) is 0 Å². The Hall–Kier alpha value is -1.71. The molecule has 0 saturated heterocycles. The van der Waals surface area contributed by atoms with E-state index >= 15 is 0 Å². The maximum Gasteiger partial charge on any atom is 0.161 e. The molecule has 124 valence electrons. The zero-order chi connectivity index (χ0) is 15.7. The molecule has 0 bridgehead atoms. The number of hydrogen-bond donors (Lipinski definition) is 1. The molecule has 1 N–H and O–H groups in total. The summed E-state index contributed by atoms with van der Waals surface area (Å²) in [6.07, 6.45) is 0.961. The minimum Gasteiger partial charge on any atom is -0.493 e. The van der Waals surface area contributed by atoms with Crippen LogP contribution in [0.5, 0.6) is 11.5 Å². The lowest BCUT2D eigenvalue weighted by Gasteiger charge is -2.32. The van der Waals surface area contributed by atoms with Gasteiger partial charge in [0.05, 0.1) is 14.2 Å². The fourth-order valence-corrected chi connectivity index (χ4v) is 3.20. The van der Waals surface area contributed by atoms with Gasteiger partial charge in [-0.3, -0.25) is 0 Å². The van der Waals surface area contributed by atoms with Crippen molar-refractivity contribution in [2.24, 2.45) is 0 Å². The number of halogens is 1. The highest BCUT2D eigenvalue weighted by molar-refractivity contribution is 5.85. The largest absolute Gasteiger partial charge is 0.493 e. The van der Waals surface area contributed by atoms with Crippen molar-refractivity contribution in [2.45, 2.75) is 32.4 Å². The van der Waals surface area contributed by atoms with E-state index in [-0.39, 0.29) is 18.4 Å². The maximum atomic E-state index is 5.45. The van der Waals surface area contributed by atoms with Crippen LogP contribution in [0.3, 0.4) is 0 Å². The van der Waals surface area contributed by atoms with Crippen molar-refractivity contribution < 1.29 is 9.47 Å². The van der Waals surface area contributed by atoms with Gasteiger partial charge in [0.2, 0.25) is 0 Å². The lowest BCUT2D eigenvalue weighted by molar-refractivity contribution is 0.350. The first-order valence-corrected chi connectivity index (χ1v) is 7.69. The van der Waals surface area contributed by atoms with Crippen molar-refractivity contribution >= 4 is 12.4 Å². The van der Waals surface area contributed by atoms with Gasteiger partial charge in [0, 0.05) is 12.1 Å². The molecule has 0 aliphatic carbocycles. The molecule has 0 fully saturated rings. The second-order valence-corrected chi connectivity index (χ2v) is 5.96. The molecule has 2 aromatic carbocycles. The minimum atomic E-state index is 0. The molecule has 2 atom stereocenters. The van der Waals surface area contributed by atoms with Crippen LogP contribution in [0.2, 0.25) is 0 Å². The van der Waals surface area contributed by atoms with Gasteiger partial charge in [0.1, 0.15) is 0 Å². The quantitative estimate of drug-likeness (QED) is 0.904. The van der Waals surface area contributed by atoms with Gasteiger partial charge < -0.3 is 14.8 Å². The standard InChI is InChI=1S/C19H23NO2.ClH/c1-12-5-7-14(8-6-12)17-9-15-10-18(21-3)19(22-4)11-16(15)13(2)20-17;/h5-8,10-11,13,17,20H,9H2,1-4H3;1H. The molecule has 3 nitrogen and oxygen atoms in total. The Morgan fingerprint density at radius 2 is 1.61 bits per heavy atom. The number of ether oxygens (including phenoxy) is 2. The van der Waals surface area contributed by atoms with Crippen LogP contribution in [0.4, 0.5) is 0 Å². The van der Waals surface area contributed by atoms with E-state index in [1.165, 1.54) is 22.3 Å². The maximum absolute atomic E-state index is 5.45. The van der Waals surface area contributed by atoms with Crippen LogP contribution >= 0.6 is 12.4 Å². The molecule has 1 heterocycles. The van der Waals surface area contributed by atoms with Crippen LogP contribution in [0, 0.1) is 6.92 Å². The van der Waals surface area contributed by atoms with Crippen LogP contribution in [0.1, 0.15) is 41.3 Å². The average molecular weight is 334 g/mol. The van der Waals surface area contributed by atoms with E-state index in [0.717, 1.165) is 17.9 Å². The van der Waals surface area contributed by atoms with E-state index in [2.05, 4.69) is 55.6 Å². The number of hydrogen-bond acceptors (Lipinski definition) is 3. The molecular formula is C19H24ClNO2. The Morgan fingerprint density at radius 1 is 1.00 bits per heavy atom. The van der Waals surface area contributed by atoms with Crippen molar-refractivity contribution in [3.63, 3.8) is 0 Å². The van der Waals surface area contributed by atoms with E-state index in [1.54, 1.807) is 14.2 Å². The summed E-state index contributed by atoms with van der Waals surface area (Å²) in [5.74, 6) is 1.60. The highest BCUT2D eigenvalue weighted by atomic mass is 35.5. The third-order valence-corrected chi connectivity index (χ3v) is 4.47. The van der Waals surface area contributed by atoms with Crippen LogP contribution in [0.25, 0.3) is 0 Å². The van der Waals surface area contributed by atoms with Crippen LogP contribution in [-0.2, 0) is 6.42 Å². The molecule has 0 spiro atoms. The summed E-state index contributed by atoms with van der Waals surface area (Å²) in [7, 11) is 3.37. The van der Waals surface area contributed by atoms with E-state index < -0.39 is 0 Å². The van der Waals surface area contributed by atoms with Gasteiger partial charge >= 0.3 is 0 Å². The first kappa shape index (κ1) is 17.6. The fraction of sp³-hybridized carbons (Fsp3) is 0.368. The van der Waals surface area contributed by atoms with E-state index in [1.807, 2.05) is 0 Å². The molecule has 3 rings (SSSR count). The van der Waals surface area contributed by atoms with E-state index in [4.69, 9.17) is 9.47 Å². The van der Waals surface area contributed by atoms with Gasteiger partial charge in [-0.2, -0.15) is 0 Å². The Labute approximate surface area is 144 Å². The average Bonchev–Trinajstić information content (AvgIpc) is 2.54. The summed E-state index contributed by atoms with van der Waals surface area (Å²) >= 11 is 0. The number of aryl methyl sites for hydroxylation is 1. The number of fused-ring (bicyclic) bond motifs is 1. The summed E-state index contributed by atoms with van der Waals surface area (Å²) in [5, 5.41) is 3.70. The molecule has 0 saturated carbocycles. The lowest BCUT2D eigenvalue weighted by Crippen LogP contribution is -2.31. The fourth-order valence-electron chi connectivity index (χ4n) is 3.20. The van der Waals surface area contributed by atoms with Gasteiger partial charge in [0.25, 0.3) is 0 Å². The van der Waals surface area contributed by atoms with Crippen molar-refractivity contribution in [2.75, 3.05) is 14.2 Å². The third-order valence-electron chi connectivity index (χ3n) is 4.47. The molecule has 0 aromatic heterocycles. The SMILES string of the molecule is COc1cc2c(cc1OC)C(C)NC(c1ccc(C)cc1)C2.Cl. The molecular weight excluding hydrogens is 310 g/mol. The van der Waals surface area contributed by atoms with E-state index in [0.29, 0.717) is 6.04 Å². The number of rotatable bonds is 3. The van der Waals surface area contributed by atoms with Crippen LogP contribution in [0.15, 0.2) is 36.4 Å². The van der Waals surface area contributed by atoms with Gasteiger partial charge in [-0.25, -0.2) is 0 Å². The molecule has 23 heavy (non-hydrogen) atoms. The smallest absolute Gasteiger partial charge is 0.161 e. The normalized spacial score (nSPS) is 19.5. The van der Waals surface area contributed by atoms with Crippen LogP contribution < -0.4 is 14.8 Å². The lowest BCUT2D eigenvalue weighted by atomic mass is 9.87. The molecule has 2 aromatic rings. The number of benzene rings is 2. The van der Waals surface area contributed by atoms with Crippen molar-refractivity contribution in [3.8, 4) is 11.5 Å². The highest BCUT2D eigenvalue weighted by Gasteiger charge is 2.26. The zero-order valence-electron chi connectivity index (χ0n) is 14.1. The van der Waals surface area contributed by atoms with E-state index in [9.17, 15) is 0 Å². The topological polar surface area (TPSA) is 30.5 Å².